The molecule has 0 aromatic heterocycles. The number of ether oxygens (including phenoxy) is 2. The Kier molecular flexibility index (Phi) is 12.5. The van der Waals surface area contributed by atoms with E-state index in [1.165, 1.54) is 12.2 Å². The van der Waals surface area contributed by atoms with Gasteiger partial charge in [-0.15, -0.1) is 13.2 Å². The number of alkyl halides is 1. The van der Waals surface area contributed by atoms with Gasteiger partial charge < -0.3 is 22.1 Å². The van der Waals surface area contributed by atoms with Crippen molar-refractivity contribution in [2.75, 3.05) is 26.9 Å². The van der Waals surface area contributed by atoms with E-state index in [0.717, 1.165) is 12.5 Å². The summed E-state index contributed by atoms with van der Waals surface area (Å²) in [6.07, 6.45) is 4.20. The second-order valence-corrected chi connectivity index (χ2v) is 19.9. The molecule has 0 saturated carbocycles. The van der Waals surface area contributed by atoms with E-state index < -0.39 is 31.3 Å². The van der Waals surface area contributed by atoms with Crippen LogP contribution in [0, 0.1) is 0 Å². The van der Waals surface area contributed by atoms with Gasteiger partial charge >= 0.3 is 17.1 Å². The van der Waals surface area contributed by atoms with E-state index in [1.54, 1.807) is 7.11 Å². The van der Waals surface area contributed by atoms with E-state index in [2.05, 4.69) is 26.3 Å². The summed E-state index contributed by atoms with van der Waals surface area (Å²) >= 11 is 0. The SMILES string of the molecule is C=CCC(F)(CC=C)O[Si](C)(C)O[Si](C)(C)O[Si](C)(C)CCCOCCOC. The van der Waals surface area contributed by atoms with Gasteiger partial charge in [-0.2, -0.15) is 0 Å². The summed E-state index contributed by atoms with van der Waals surface area (Å²) in [5, 5.41) is 0. The molecule has 0 amide bonds. The van der Waals surface area contributed by atoms with Crippen molar-refractivity contribution in [1.29, 1.82) is 0 Å². The number of methoxy groups -OCH3 is 1. The monoisotopic (exact) mass is 452 g/mol. The Morgan fingerprint density at radius 1 is 0.857 bits per heavy atom. The maximum atomic E-state index is 15.0. The van der Waals surface area contributed by atoms with E-state index in [4.69, 9.17) is 22.1 Å². The van der Waals surface area contributed by atoms with Crippen LogP contribution in [0.2, 0.25) is 45.3 Å². The van der Waals surface area contributed by atoms with Gasteiger partial charge in [0, 0.05) is 26.6 Å². The van der Waals surface area contributed by atoms with E-state index in [1.807, 2.05) is 26.2 Å². The van der Waals surface area contributed by atoms with Crippen molar-refractivity contribution in [1.82, 2.24) is 0 Å². The molecule has 0 aromatic carbocycles. The maximum Gasteiger partial charge on any atom is 0.325 e. The third-order valence-electron chi connectivity index (χ3n) is 3.84. The Morgan fingerprint density at radius 3 is 1.93 bits per heavy atom. The summed E-state index contributed by atoms with van der Waals surface area (Å²) in [5.41, 5.74) is 0. The van der Waals surface area contributed by atoms with Gasteiger partial charge in [-0.25, -0.2) is 4.39 Å². The average molecular weight is 453 g/mol. The number of rotatable bonds is 17. The molecule has 0 spiro atoms. The minimum Gasteiger partial charge on any atom is -0.436 e. The lowest BCUT2D eigenvalue weighted by atomic mass is 10.1. The highest BCUT2D eigenvalue weighted by molar-refractivity contribution is 6.86. The zero-order valence-corrected chi connectivity index (χ0v) is 21.9. The van der Waals surface area contributed by atoms with Gasteiger partial charge in [-0.3, -0.25) is 0 Å². The minimum atomic E-state index is -2.75. The van der Waals surface area contributed by atoms with Crippen LogP contribution in [0.5, 0.6) is 0 Å². The molecule has 9 heteroatoms. The number of hydrogen-bond acceptors (Lipinski definition) is 5. The van der Waals surface area contributed by atoms with Gasteiger partial charge in [0.2, 0.25) is 5.85 Å². The molecule has 0 aliphatic rings. The summed E-state index contributed by atoms with van der Waals surface area (Å²) in [7, 11) is -5.50. The molecule has 0 heterocycles. The number of hydrogen-bond donors (Lipinski definition) is 0. The smallest absolute Gasteiger partial charge is 0.325 e. The molecule has 0 aromatic rings. The summed E-state index contributed by atoms with van der Waals surface area (Å²) in [6.45, 7) is 21.3. The van der Waals surface area contributed by atoms with Crippen molar-refractivity contribution < 1.29 is 26.5 Å². The van der Waals surface area contributed by atoms with Gasteiger partial charge in [0.25, 0.3) is 0 Å². The first-order valence-electron chi connectivity index (χ1n) is 9.88. The predicted molar refractivity (Wildman–Crippen MR) is 121 cm³/mol. The topological polar surface area (TPSA) is 46.2 Å². The quantitative estimate of drug-likeness (QED) is 0.165. The fourth-order valence-corrected chi connectivity index (χ4v) is 16.5. The summed E-state index contributed by atoms with van der Waals surface area (Å²) in [5.74, 6) is -1.82. The maximum absolute atomic E-state index is 15.0. The molecule has 166 valence electrons. The molecule has 28 heavy (non-hydrogen) atoms. The van der Waals surface area contributed by atoms with Crippen LogP contribution in [0.4, 0.5) is 4.39 Å². The van der Waals surface area contributed by atoms with Crippen molar-refractivity contribution in [2.45, 2.75) is 70.4 Å². The van der Waals surface area contributed by atoms with Gasteiger partial charge in [-0.05, 0) is 51.7 Å². The molecule has 5 nitrogen and oxygen atoms in total. The van der Waals surface area contributed by atoms with Crippen LogP contribution in [-0.2, 0) is 22.1 Å². The molecule has 0 N–H and O–H groups in total. The van der Waals surface area contributed by atoms with E-state index in [-0.39, 0.29) is 12.8 Å². The van der Waals surface area contributed by atoms with Crippen LogP contribution in [0.15, 0.2) is 25.3 Å². The van der Waals surface area contributed by atoms with Crippen molar-refractivity contribution in [3.63, 3.8) is 0 Å². The third-order valence-corrected chi connectivity index (χ3v) is 14.4. The molecule has 0 radical (unpaired) electrons. The van der Waals surface area contributed by atoms with E-state index in [0.29, 0.717) is 19.8 Å². The van der Waals surface area contributed by atoms with Gasteiger partial charge in [0.1, 0.15) is 0 Å². The lowest BCUT2D eigenvalue weighted by Gasteiger charge is -2.40. The molecule has 0 fully saturated rings. The Hall–Kier alpha value is -0.139. The molecular formula is C19H41FO5Si3. The van der Waals surface area contributed by atoms with Crippen molar-refractivity contribution in [3.05, 3.63) is 25.3 Å². The highest BCUT2D eigenvalue weighted by Crippen LogP contribution is 2.31. The normalized spacial score (nSPS) is 13.6. The zero-order chi connectivity index (χ0) is 21.9. The Labute approximate surface area is 174 Å². The Bertz CT molecular complexity index is 462. The lowest BCUT2D eigenvalue weighted by Crippen LogP contribution is -2.55. The molecule has 0 aliphatic heterocycles. The largest absolute Gasteiger partial charge is 0.436 e. The summed E-state index contributed by atoms with van der Waals surface area (Å²) < 4.78 is 44.2. The van der Waals surface area contributed by atoms with Gasteiger partial charge in [0.15, 0.2) is 8.32 Å². The fraction of sp³-hybridized carbons (Fsp3) is 0.789. The lowest BCUT2D eigenvalue weighted by molar-refractivity contribution is -0.0763. The molecule has 0 atom stereocenters. The molecule has 0 bridgehead atoms. The highest BCUT2D eigenvalue weighted by atomic mass is 28.5. The minimum absolute atomic E-state index is 0.102. The third kappa shape index (κ3) is 13.2. The Morgan fingerprint density at radius 2 is 1.43 bits per heavy atom. The first-order valence-corrected chi connectivity index (χ1v) is 18.6. The van der Waals surface area contributed by atoms with Crippen molar-refractivity contribution in [2.24, 2.45) is 0 Å². The molecule has 0 saturated heterocycles. The van der Waals surface area contributed by atoms with Crippen molar-refractivity contribution in [3.8, 4) is 0 Å². The first kappa shape index (κ1) is 27.9. The van der Waals surface area contributed by atoms with Crippen molar-refractivity contribution >= 4 is 25.4 Å². The second-order valence-electron chi connectivity index (χ2n) is 8.44. The van der Waals surface area contributed by atoms with Gasteiger partial charge in [-0.1, -0.05) is 12.2 Å². The van der Waals surface area contributed by atoms with Crippen LogP contribution < -0.4 is 0 Å². The summed E-state index contributed by atoms with van der Waals surface area (Å²) in [4.78, 5) is 0. The van der Waals surface area contributed by atoms with Crippen LogP contribution in [-0.4, -0.2) is 58.2 Å². The summed E-state index contributed by atoms with van der Waals surface area (Å²) in [6, 6.07) is 0.975. The van der Waals surface area contributed by atoms with Gasteiger partial charge in [0.05, 0.1) is 13.2 Å². The molecule has 0 rings (SSSR count). The zero-order valence-electron chi connectivity index (χ0n) is 18.9. The fourth-order valence-electron chi connectivity index (χ4n) is 3.23. The standard InChI is InChI=1S/C19H41FO5Si3/c1-10-13-19(20,14-11-2)23-27(6,7)25-28(8,9)24-26(4,5)18-12-15-22-17-16-21-3/h10-11H,1-2,12-18H2,3-9H3. The Balaban J connectivity index is 4.72. The predicted octanol–water partition coefficient (Wildman–Crippen LogP) is 5.52. The van der Waals surface area contributed by atoms with Crippen LogP contribution in [0.3, 0.4) is 0 Å². The van der Waals surface area contributed by atoms with Crippen LogP contribution in [0.1, 0.15) is 19.3 Å². The van der Waals surface area contributed by atoms with E-state index >= 15 is 4.39 Å². The molecule has 0 aliphatic carbocycles. The first-order chi connectivity index (χ1) is 12.8. The molecule has 0 unspecified atom stereocenters. The van der Waals surface area contributed by atoms with Crippen LogP contribution in [0.25, 0.3) is 0 Å². The average Bonchev–Trinajstić information content (AvgIpc) is 2.47. The highest BCUT2D eigenvalue weighted by Gasteiger charge is 2.44. The number of halogens is 1. The van der Waals surface area contributed by atoms with Crippen LogP contribution >= 0.6 is 0 Å². The van der Waals surface area contributed by atoms with E-state index in [9.17, 15) is 0 Å². The second kappa shape index (κ2) is 12.5. The molecular weight excluding hydrogens is 411 g/mol.